The summed E-state index contributed by atoms with van der Waals surface area (Å²) in [6.45, 7) is 0. The van der Waals surface area contributed by atoms with E-state index in [9.17, 15) is 9.59 Å². The second-order valence-electron chi connectivity index (χ2n) is 2.64. The number of nitrogens with two attached hydrogens (primary N) is 2. The van der Waals surface area contributed by atoms with Crippen LogP contribution in [0, 0.1) is 6.08 Å². The van der Waals surface area contributed by atoms with Crippen LogP contribution in [-0.2, 0) is 4.79 Å². The van der Waals surface area contributed by atoms with Gasteiger partial charge < -0.3 is 16.2 Å². The standard InChI is InChI=1S/C10H9N2O3/c11-9(13)6-3-7-1-4-8(5-2-7)15-10(12)14/h1-5H,(H2,11,13)(H2,12,14). The summed E-state index contributed by atoms with van der Waals surface area (Å²) in [6.07, 6.45) is 2.86. The third kappa shape index (κ3) is 3.95. The molecule has 15 heavy (non-hydrogen) atoms. The lowest BCUT2D eigenvalue weighted by molar-refractivity contribution is -0.114. The van der Waals surface area contributed by atoms with E-state index in [2.05, 4.69) is 10.8 Å². The quantitative estimate of drug-likeness (QED) is 0.701. The van der Waals surface area contributed by atoms with Crippen molar-refractivity contribution < 1.29 is 14.3 Å². The van der Waals surface area contributed by atoms with Gasteiger partial charge in [-0.25, -0.2) is 4.79 Å². The number of primary amides is 2. The molecule has 1 rings (SSSR count). The molecule has 1 aromatic carbocycles. The first-order valence-electron chi connectivity index (χ1n) is 4.04. The zero-order valence-corrected chi connectivity index (χ0v) is 7.77. The summed E-state index contributed by atoms with van der Waals surface area (Å²) < 4.78 is 4.61. The highest BCUT2D eigenvalue weighted by Gasteiger charge is 1.97. The van der Waals surface area contributed by atoms with Crippen LogP contribution in [0.4, 0.5) is 4.79 Å². The predicted molar refractivity (Wildman–Crippen MR) is 53.6 cm³/mol. The Morgan fingerprint density at radius 1 is 1.20 bits per heavy atom. The van der Waals surface area contributed by atoms with Crippen LogP contribution in [0.3, 0.4) is 0 Å². The minimum Gasteiger partial charge on any atom is -0.411 e. The molecule has 0 fully saturated rings. The molecule has 0 spiro atoms. The summed E-state index contributed by atoms with van der Waals surface area (Å²) in [7, 11) is 0. The van der Waals surface area contributed by atoms with Gasteiger partial charge in [0.15, 0.2) is 0 Å². The first-order valence-corrected chi connectivity index (χ1v) is 4.04. The van der Waals surface area contributed by atoms with Crippen LogP contribution in [0.15, 0.2) is 24.3 Å². The number of rotatable bonds is 3. The van der Waals surface area contributed by atoms with E-state index in [1.54, 1.807) is 24.3 Å². The van der Waals surface area contributed by atoms with Crippen molar-refractivity contribution >= 4 is 18.1 Å². The first-order chi connectivity index (χ1) is 7.08. The number of carbonyl (C=O) groups excluding carboxylic acids is 2. The fourth-order valence-corrected chi connectivity index (χ4v) is 0.903. The summed E-state index contributed by atoms with van der Waals surface area (Å²) >= 11 is 0. The number of hydrogen-bond donors (Lipinski definition) is 2. The van der Waals surface area contributed by atoms with Crippen molar-refractivity contribution in [3.05, 3.63) is 35.9 Å². The second kappa shape index (κ2) is 4.80. The van der Waals surface area contributed by atoms with E-state index in [-0.39, 0.29) is 0 Å². The van der Waals surface area contributed by atoms with Gasteiger partial charge in [0.05, 0.1) is 6.08 Å². The lowest BCUT2D eigenvalue weighted by Crippen LogP contribution is -2.16. The fraction of sp³-hybridized carbons (Fsp3) is 0. The molecule has 1 aromatic rings. The summed E-state index contributed by atoms with van der Waals surface area (Å²) in [6, 6.07) is 6.35. The third-order valence-electron chi connectivity index (χ3n) is 1.48. The molecule has 0 heterocycles. The van der Waals surface area contributed by atoms with Crippen LogP contribution in [-0.4, -0.2) is 12.0 Å². The molecule has 2 amide bonds. The van der Waals surface area contributed by atoms with Gasteiger partial charge in [-0.2, -0.15) is 0 Å². The molecular formula is C10H9N2O3. The van der Waals surface area contributed by atoms with Crippen molar-refractivity contribution in [2.75, 3.05) is 0 Å². The van der Waals surface area contributed by atoms with Gasteiger partial charge in [-0.05, 0) is 23.8 Å². The van der Waals surface area contributed by atoms with E-state index in [1.807, 2.05) is 0 Å². The highest BCUT2D eigenvalue weighted by molar-refractivity contribution is 5.85. The zero-order valence-electron chi connectivity index (χ0n) is 7.77. The van der Waals surface area contributed by atoms with Gasteiger partial charge in [0.1, 0.15) is 5.75 Å². The predicted octanol–water partition coefficient (Wildman–Crippen LogP) is 0.446. The maximum absolute atomic E-state index is 10.4. The molecular weight excluding hydrogens is 196 g/mol. The molecule has 0 aliphatic heterocycles. The van der Waals surface area contributed by atoms with Crippen LogP contribution in [0.5, 0.6) is 5.75 Å². The molecule has 4 N–H and O–H groups in total. The number of benzene rings is 1. The van der Waals surface area contributed by atoms with E-state index >= 15 is 0 Å². The van der Waals surface area contributed by atoms with Gasteiger partial charge in [0, 0.05) is 0 Å². The second-order valence-corrected chi connectivity index (χ2v) is 2.64. The minimum absolute atomic E-state index is 0.332. The molecule has 0 saturated heterocycles. The Balaban J connectivity index is 2.72. The molecule has 0 saturated carbocycles. The van der Waals surface area contributed by atoms with Crippen LogP contribution in [0.1, 0.15) is 5.56 Å². The van der Waals surface area contributed by atoms with Crippen molar-refractivity contribution in [2.24, 2.45) is 11.5 Å². The SMILES string of the molecule is NC(=O)[C]=Cc1ccc(OC(N)=O)cc1. The molecule has 0 unspecified atom stereocenters. The van der Waals surface area contributed by atoms with E-state index in [1.165, 1.54) is 6.08 Å². The topological polar surface area (TPSA) is 95.4 Å². The first kappa shape index (κ1) is 10.8. The Hall–Kier alpha value is -2.30. The number of ether oxygens (including phenoxy) is 1. The molecule has 0 aromatic heterocycles. The Bertz CT molecular complexity index is 396. The summed E-state index contributed by atoms with van der Waals surface area (Å²) in [5, 5.41) is 0. The van der Waals surface area contributed by atoms with Gasteiger partial charge >= 0.3 is 6.09 Å². The molecule has 0 bridgehead atoms. The fourth-order valence-electron chi connectivity index (χ4n) is 0.903. The summed E-state index contributed by atoms with van der Waals surface area (Å²) in [5.74, 6) is -0.314. The number of carbonyl (C=O) groups is 2. The highest BCUT2D eigenvalue weighted by Crippen LogP contribution is 2.12. The van der Waals surface area contributed by atoms with Crippen LogP contribution < -0.4 is 16.2 Å². The molecule has 0 aliphatic rings. The molecule has 1 radical (unpaired) electrons. The molecule has 0 aliphatic carbocycles. The minimum atomic E-state index is -0.873. The van der Waals surface area contributed by atoms with E-state index in [4.69, 9.17) is 11.5 Å². The molecule has 0 atom stereocenters. The Morgan fingerprint density at radius 3 is 2.27 bits per heavy atom. The normalized spacial score (nSPS) is 10.1. The third-order valence-corrected chi connectivity index (χ3v) is 1.48. The molecule has 77 valence electrons. The van der Waals surface area contributed by atoms with Crippen LogP contribution in [0.25, 0.3) is 6.08 Å². The lowest BCUT2D eigenvalue weighted by Gasteiger charge is -1.99. The average Bonchev–Trinajstić information content (AvgIpc) is 2.16. The zero-order chi connectivity index (χ0) is 11.3. The lowest BCUT2D eigenvalue weighted by atomic mass is 10.2. The Labute approximate surface area is 86.3 Å². The maximum atomic E-state index is 10.4. The van der Waals surface area contributed by atoms with Gasteiger partial charge in [-0.15, -0.1) is 0 Å². The Morgan fingerprint density at radius 2 is 1.80 bits per heavy atom. The Kier molecular flexibility index (Phi) is 3.45. The van der Waals surface area contributed by atoms with Crippen LogP contribution >= 0.6 is 0 Å². The molecule has 5 heteroatoms. The number of amides is 2. The smallest absolute Gasteiger partial charge is 0.409 e. The highest BCUT2D eigenvalue weighted by atomic mass is 16.5. The maximum Gasteiger partial charge on any atom is 0.409 e. The van der Waals surface area contributed by atoms with Gasteiger partial charge in [-0.1, -0.05) is 12.1 Å². The number of hydrogen-bond acceptors (Lipinski definition) is 3. The van der Waals surface area contributed by atoms with Gasteiger partial charge in [0.25, 0.3) is 0 Å². The van der Waals surface area contributed by atoms with E-state index in [0.29, 0.717) is 11.3 Å². The van der Waals surface area contributed by atoms with Crippen molar-refractivity contribution in [2.45, 2.75) is 0 Å². The summed E-state index contributed by atoms with van der Waals surface area (Å²) in [4.78, 5) is 20.8. The van der Waals surface area contributed by atoms with Crippen molar-refractivity contribution in [1.82, 2.24) is 0 Å². The monoisotopic (exact) mass is 205 g/mol. The summed E-state index contributed by atoms with van der Waals surface area (Å²) in [5.41, 5.74) is 10.4. The van der Waals surface area contributed by atoms with Gasteiger partial charge in [0.2, 0.25) is 5.91 Å². The molecule has 5 nitrogen and oxygen atoms in total. The van der Waals surface area contributed by atoms with E-state index in [0.717, 1.165) is 0 Å². The largest absolute Gasteiger partial charge is 0.411 e. The van der Waals surface area contributed by atoms with E-state index < -0.39 is 12.0 Å². The average molecular weight is 205 g/mol. The van der Waals surface area contributed by atoms with Crippen molar-refractivity contribution in [3.8, 4) is 5.75 Å². The van der Waals surface area contributed by atoms with Crippen molar-refractivity contribution in [3.63, 3.8) is 0 Å². The van der Waals surface area contributed by atoms with Crippen LogP contribution in [0.2, 0.25) is 0 Å². The van der Waals surface area contributed by atoms with Crippen molar-refractivity contribution in [1.29, 1.82) is 0 Å². The van der Waals surface area contributed by atoms with Gasteiger partial charge in [-0.3, -0.25) is 4.79 Å².